The molecule has 2 atom stereocenters. The number of carbonyl (C=O) groups is 1. The van der Waals surface area contributed by atoms with Crippen molar-refractivity contribution in [1.82, 2.24) is 0 Å². The summed E-state index contributed by atoms with van der Waals surface area (Å²) in [5, 5.41) is 0. The second-order valence-corrected chi connectivity index (χ2v) is 5.09. The highest BCUT2D eigenvalue weighted by Crippen LogP contribution is 2.44. The lowest BCUT2D eigenvalue weighted by atomic mass is 9.71. The Morgan fingerprint density at radius 2 is 1.93 bits per heavy atom. The number of ether oxygens (including phenoxy) is 1. The maximum atomic E-state index is 10.6. The number of carbonyl (C=O) groups excluding carboxylic acids is 1. The topological polar surface area (TPSA) is 26.3 Å². The van der Waals surface area contributed by atoms with E-state index >= 15 is 0 Å². The van der Waals surface area contributed by atoms with Gasteiger partial charge in [-0.05, 0) is 31.1 Å². The second-order valence-electron chi connectivity index (χ2n) is 5.09. The van der Waals surface area contributed by atoms with Gasteiger partial charge >= 0.3 is 0 Å². The average Bonchev–Trinajstić information content (AvgIpc) is 2.67. The van der Waals surface area contributed by atoms with Gasteiger partial charge in [0.2, 0.25) is 0 Å². The molecule has 0 aromatic carbocycles. The van der Waals surface area contributed by atoms with Gasteiger partial charge in [-0.2, -0.15) is 0 Å². The third-order valence-electron chi connectivity index (χ3n) is 3.98. The van der Waals surface area contributed by atoms with Crippen LogP contribution in [0.2, 0.25) is 0 Å². The highest BCUT2D eigenvalue weighted by molar-refractivity contribution is 5.56. The van der Waals surface area contributed by atoms with E-state index in [2.05, 4.69) is 6.92 Å². The second kappa shape index (κ2) is 4.01. The van der Waals surface area contributed by atoms with E-state index in [-0.39, 0.29) is 6.10 Å². The van der Waals surface area contributed by atoms with E-state index in [1.54, 1.807) is 0 Å². The van der Waals surface area contributed by atoms with Crippen LogP contribution in [-0.4, -0.2) is 18.5 Å². The standard InChI is InChI=1S/C12H20O2/c1-12(7-3-2-4-8-12)11-6-5-10(9-13)14-11/h9-11H,2-8H2,1H3. The summed E-state index contributed by atoms with van der Waals surface area (Å²) in [5.41, 5.74) is 0.357. The van der Waals surface area contributed by atoms with E-state index < -0.39 is 0 Å². The molecule has 2 rings (SSSR count). The predicted molar refractivity (Wildman–Crippen MR) is 55.2 cm³/mol. The lowest BCUT2D eigenvalue weighted by molar-refractivity contribution is -0.121. The number of rotatable bonds is 2. The van der Waals surface area contributed by atoms with Crippen LogP contribution in [0.15, 0.2) is 0 Å². The van der Waals surface area contributed by atoms with Crippen LogP contribution in [0.5, 0.6) is 0 Å². The van der Waals surface area contributed by atoms with Gasteiger partial charge in [0.05, 0.1) is 6.10 Å². The number of aldehydes is 1. The molecule has 1 saturated carbocycles. The Labute approximate surface area is 86.0 Å². The van der Waals surface area contributed by atoms with Gasteiger partial charge in [0.1, 0.15) is 12.4 Å². The molecule has 0 amide bonds. The molecule has 0 spiro atoms. The predicted octanol–water partition coefficient (Wildman–Crippen LogP) is 2.70. The van der Waals surface area contributed by atoms with Crippen LogP contribution in [0, 0.1) is 5.41 Å². The van der Waals surface area contributed by atoms with Gasteiger partial charge in [0.15, 0.2) is 0 Å². The normalized spacial score (nSPS) is 36.9. The lowest BCUT2D eigenvalue weighted by Crippen LogP contribution is -2.34. The van der Waals surface area contributed by atoms with Crippen LogP contribution in [0.1, 0.15) is 51.9 Å². The Hall–Kier alpha value is -0.370. The summed E-state index contributed by atoms with van der Waals surface area (Å²) in [6.07, 6.45) is 9.82. The molecule has 0 bridgehead atoms. The Morgan fingerprint density at radius 1 is 1.21 bits per heavy atom. The van der Waals surface area contributed by atoms with Crippen molar-refractivity contribution in [1.29, 1.82) is 0 Å². The van der Waals surface area contributed by atoms with Crippen LogP contribution in [0.3, 0.4) is 0 Å². The van der Waals surface area contributed by atoms with Gasteiger partial charge in [-0.15, -0.1) is 0 Å². The van der Waals surface area contributed by atoms with Gasteiger partial charge in [0.25, 0.3) is 0 Å². The van der Waals surface area contributed by atoms with Gasteiger partial charge in [-0.25, -0.2) is 0 Å². The molecule has 0 aromatic heterocycles. The zero-order valence-corrected chi connectivity index (χ0v) is 9.00. The minimum Gasteiger partial charge on any atom is -0.367 e. The van der Waals surface area contributed by atoms with Gasteiger partial charge in [0, 0.05) is 0 Å². The molecule has 0 radical (unpaired) electrons. The van der Waals surface area contributed by atoms with Crippen molar-refractivity contribution >= 4 is 6.29 Å². The summed E-state index contributed by atoms with van der Waals surface area (Å²) >= 11 is 0. The summed E-state index contributed by atoms with van der Waals surface area (Å²) in [7, 11) is 0. The molecule has 1 aliphatic heterocycles. The van der Waals surface area contributed by atoms with Crippen LogP contribution < -0.4 is 0 Å². The summed E-state index contributed by atoms with van der Waals surface area (Å²) in [5.74, 6) is 0. The fraction of sp³-hybridized carbons (Fsp3) is 0.917. The van der Waals surface area contributed by atoms with Crippen molar-refractivity contribution in [3.8, 4) is 0 Å². The first-order valence-corrected chi connectivity index (χ1v) is 5.85. The molecule has 1 heterocycles. The third kappa shape index (κ3) is 1.85. The molecule has 0 aromatic rings. The first-order valence-electron chi connectivity index (χ1n) is 5.85. The zero-order valence-electron chi connectivity index (χ0n) is 9.00. The van der Waals surface area contributed by atoms with Gasteiger partial charge < -0.3 is 9.53 Å². The van der Waals surface area contributed by atoms with E-state index in [9.17, 15) is 4.79 Å². The maximum absolute atomic E-state index is 10.6. The molecule has 2 unspecified atom stereocenters. The number of hydrogen-bond donors (Lipinski definition) is 0. The van der Waals surface area contributed by atoms with Crippen LogP contribution in [0.4, 0.5) is 0 Å². The van der Waals surface area contributed by atoms with E-state index in [1.807, 2.05) is 0 Å². The van der Waals surface area contributed by atoms with E-state index in [0.29, 0.717) is 11.5 Å². The van der Waals surface area contributed by atoms with Crippen molar-refractivity contribution in [2.24, 2.45) is 5.41 Å². The van der Waals surface area contributed by atoms with Crippen LogP contribution in [-0.2, 0) is 9.53 Å². The van der Waals surface area contributed by atoms with Crippen LogP contribution in [0.25, 0.3) is 0 Å². The highest BCUT2D eigenvalue weighted by Gasteiger charge is 2.40. The average molecular weight is 196 g/mol. The molecule has 2 fully saturated rings. The minimum absolute atomic E-state index is 0.112. The Balaban J connectivity index is 1.96. The summed E-state index contributed by atoms with van der Waals surface area (Å²) in [6, 6.07) is 0. The smallest absolute Gasteiger partial charge is 0.148 e. The summed E-state index contributed by atoms with van der Waals surface area (Å²) in [4.78, 5) is 10.6. The fourth-order valence-electron chi connectivity index (χ4n) is 2.96. The molecule has 0 N–H and O–H groups in total. The first-order chi connectivity index (χ1) is 6.74. The zero-order chi connectivity index (χ0) is 10.0. The summed E-state index contributed by atoms with van der Waals surface area (Å²) < 4.78 is 5.78. The van der Waals surface area contributed by atoms with E-state index in [0.717, 1.165) is 19.1 Å². The molecular weight excluding hydrogens is 176 g/mol. The minimum atomic E-state index is -0.112. The quantitative estimate of drug-likeness (QED) is 0.635. The van der Waals surface area contributed by atoms with Crippen molar-refractivity contribution in [3.63, 3.8) is 0 Å². The van der Waals surface area contributed by atoms with E-state index in [1.165, 1.54) is 32.1 Å². The molecule has 14 heavy (non-hydrogen) atoms. The largest absolute Gasteiger partial charge is 0.367 e. The van der Waals surface area contributed by atoms with Crippen molar-refractivity contribution in [2.75, 3.05) is 0 Å². The van der Waals surface area contributed by atoms with E-state index in [4.69, 9.17) is 4.74 Å². The number of hydrogen-bond acceptors (Lipinski definition) is 2. The molecule has 2 heteroatoms. The first kappa shape index (κ1) is 10.2. The fourth-order valence-corrected chi connectivity index (χ4v) is 2.96. The van der Waals surface area contributed by atoms with Crippen LogP contribution >= 0.6 is 0 Å². The van der Waals surface area contributed by atoms with Gasteiger partial charge in [-0.3, -0.25) is 0 Å². The van der Waals surface area contributed by atoms with Crippen molar-refractivity contribution < 1.29 is 9.53 Å². The molecule has 1 aliphatic carbocycles. The van der Waals surface area contributed by atoms with Crippen molar-refractivity contribution in [2.45, 2.75) is 64.1 Å². The molecule has 80 valence electrons. The van der Waals surface area contributed by atoms with Gasteiger partial charge in [-0.1, -0.05) is 26.2 Å². The van der Waals surface area contributed by atoms with Crippen molar-refractivity contribution in [3.05, 3.63) is 0 Å². The molecule has 2 nitrogen and oxygen atoms in total. The SMILES string of the molecule is CC1(C2CCC(C=O)O2)CCCCC1. The lowest BCUT2D eigenvalue weighted by Gasteiger charge is -2.38. The monoisotopic (exact) mass is 196 g/mol. The molecule has 1 saturated heterocycles. The maximum Gasteiger partial charge on any atom is 0.148 e. The third-order valence-corrected chi connectivity index (χ3v) is 3.98. The Kier molecular flexibility index (Phi) is 2.91. The Bertz CT molecular complexity index is 206. The highest BCUT2D eigenvalue weighted by atomic mass is 16.5. The summed E-state index contributed by atoms with van der Waals surface area (Å²) in [6.45, 7) is 2.34. The molecule has 2 aliphatic rings. The molecular formula is C12H20O2. The Morgan fingerprint density at radius 3 is 2.50 bits per heavy atom.